The van der Waals surface area contributed by atoms with Gasteiger partial charge in [-0.05, 0) is 54.2 Å². The van der Waals surface area contributed by atoms with Crippen molar-refractivity contribution in [1.29, 1.82) is 0 Å². The van der Waals surface area contributed by atoms with Crippen molar-refractivity contribution in [3.05, 3.63) is 95.1 Å². The topological polar surface area (TPSA) is 81.6 Å². The molecule has 0 bridgehead atoms. The van der Waals surface area contributed by atoms with Crippen molar-refractivity contribution < 1.29 is 0 Å². The van der Waals surface area contributed by atoms with Crippen LogP contribution < -0.4 is 5.32 Å². The highest BCUT2D eigenvalue weighted by Crippen LogP contribution is 2.34. The van der Waals surface area contributed by atoms with Crippen LogP contribution in [0.5, 0.6) is 0 Å². The average Bonchev–Trinajstić information content (AvgIpc) is 3.58. The highest BCUT2D eigenvalue weighted by molar-refractivity contribution is 5.95. The molecule has 182 valence electrons. The van der Waals surface area contributed by atoms with Crippen molar-refractivity contribution in [3.63, 3.8) is 0 Å². The number of aryl methyl sites for hydroxylation is 1. The van der Waals surface area contributed by atoms with E-state index in [4.69, 9.17) is 9.97 Å². The standard InChI is InChI=1S/C29H31N7/c1-2-8-25-24(7-1)34-28(35-25)20-36(26-9-3-5-23-6-4-14-33-29(23)26)19-22-12-10-21(11-13-22)17-30-18-27-31-15-16-32-27/h1-2,4,6-8,10-15,26,30H,3,5,9,16-20H2,(H,34,35). The monoisotopic (exact) mass is 477 g/mol. The second-order valence-electron chi connectivity index (χ2n) is 9.55. The fourth-order valence-electron chi connectivity index (χ4n) is 5.24. The van der Waals surface area contributed by atoms with E-state index >= 15 is 0 Å². The van der Waals surface area contributed by atoms with Crippen molar-refractivity contribution in [1.82, 2.24) is 25.2 Å². The minimum atomic E-state index is 0.275. The zero-order chi connectivity index (χ0) is 24.2. The van der Waals surface area contributed by atoms with Crippen LogP contribution in [0.2, 0.25) is 0 Å². The third-order valence-corrected chi connectivity index (χ3v) is 7.01. The van der Waals surface area contributed by atoms with Gasteiger partial charge in [0.15, 0.2) is 0 Å². The van der Waals surface area contributed by atoms with Gasteiger partial charge >= 0.3 is 0 Å². The molecule has 1 aliphatic heterocycles. The van der Waals surface area contributed by atoms with Crippen LogP contribution in [-0.4, -0.2) is 45.0 Å². The van der Waals surface area contributed by atoms with E-state index in [9.17, 15) is 0 Å². The van der Waals surface area contributed by atoms with Crippen molar-refractivity contribution in [2.24, 2.45) is 9.98 Å². The van der Waals surface area contributed by atoms with Gasteiger partial charge in [0.1, 0.15) is 11.7 Å². The number of amidine groups is 1. The Morgan fingerprint density at radius 1 is 0.944 bits per heavy atom. The van der Waals surface area contributed by atoms with Gasteiger partial charge in [-0.3, -0.25) is 14.9 Å². The molecule has 0 saturated heterocycles. The molecule has 3 heterocycles. The molecule has 6 rings (SSSR count). The molecule has 36 heavy (non-hydrogen) atoms. The summed E-state index contributed by atoms with van der Waals surface area (Å²) in [5.74, 6) is 1.88. The van der Waals surface area contributed by atoms with Crippen LogP contribution in [0.4, 0.5) is 0 Å². The normalized spacial score (nSPS) is 17.0. The van der Waals surface area contributed by atoms with Gasteiger partial charge in [0, 0.05) is 25.5 Å². The predicted octanol–water partition coefficient (Wildman–Crippen LogP) is 4.61. The number of aromatic amines is 1. The van der Waals surface area contributed by atoms with Crippen LogP contribution in [0, 0.1) is 0 Å². The van der Waals surface area contributed by atoms with E-state index in [-0.39, 0.29) is 6.04 Å². The summed E-state index contributed by atoms with van der Waals surface area (Å²) in [7, 11) is 0. The number of aliphatic imine (C=N–C) groups is 2. The Morgan fingerprint density at radius 3 is 2.69 bits per heavy atom. The molecule has 0 radical (unpaired) electrons. The Kier molecular flexibility index (Phi) is 6.65. The Bertz CT molecular complexity index is 1350. The molecule has 0 spiro atoms. The first kappa shape index (κ1) is 22.8. The molecule has 0 amide bonds. The van der Waals surface area contributed by atoms with Gasteiger partial charge in [0.2, 0.25) is 0 Å². The number of aromatic nitrogens is 3. The van der Waals surface area contributed by atoms with E-state index in [0.717, 1.165) is 55.2 Å². The molecular formula is C29H31N7. The van der Waals surface area contributed by atoms with Crippen LogP contribution in [-0.2, 0) is 26.1 Å². The highest BCUT2D eigenvalue weighted by atomic mass is 15.2. The minimum absolute atomic E-state index is 0.275. The first-order valence-corrected chi connectivity index (χ1v) is 12.8. The molecule has 4 aromatic rings. The van der Waals surface area contributed by atoms with Gasteiger partial charge < -0.3 is 10.3 Å². The van der Waals surface area contributed by atoms with E-state index in [1.54, 1.807) is 0 Å². The lowest BCUT2D eigenvalue weighted by molar-refractivity contribution is 0.153. The summed E-state index contributed by atoms with van der Waals surface area (Å²) < 4.78 is 0. The van der Waals surface area contributed by atoms with Gasteiger partial charge in [0.25, 0.3) is 0 Å². The lowest BCUT2D eigenvalue weighted by Crippen LogP contribution is -2.31. The van der Waals surface area contributed by atoms with Crippen LogP contribution in [0.3, 0.4) is 0 Å². The number of imidazole rings is 1. The predicted molar refractivity (Wildman–Crippen MR) is 144 cm³/mol. The molecule has 2 aromatic heterocycles. The number of nitrogens with one attached hydrogen (secondary N) is 2. The first-order chi connectivity index (χ1) is 17.8. The summed E-state index contributed by atoms with van der Waals surface area (Å²) in [6, 6.07) is 21.7. The molecule has 2 aromatic carbocycles. The van der Waals surface area contributed by atoms with Crippen LogP contribution in [0.15, 0.2) is 76.8 Å². The maximum absolute atomic E-state index is 4.88. The molecule has 2 aliphatic rings. The van der Waals surface area contributed by atoms with Crippen LogP contribution >= 0.6 is 0 Å². The summed E-state index contributed by atoms with van der Waals surface area (Å²) in [5, 5.41) is 3.44. The van der Waals surface area contributed by atoms with Crippen molar-refractivity contribution in [2.45, 2.75) is 44.9 Å². The van der Waals surface area contributed by atoms with Crippen molar-refractivity contribution >= 4 is 23.1 Å². The summed E-state index contributed by atoms with van der Waals surface area (Å²) in [5.41, 5.74) is 7.25. The first-order valence-electron chi connectivity index (χ1n) is 12.8. The number of fused-ring (bicyclic) bond motifs is 2. The van der Waals surface area contributed by atoms with Gasteiger partial charge in [-0.2, -0.15) is 0 Å². The number of nitrogens with zero attached hydrogens (tertiary/aromatic N) is 5. The summed E-state index contributed by atoms with van der Waals surface area (Å²) in [6.07, 6.45) is 7.18. The van der Waals surface area contributed by atoms with E-state index in [1.807, 2.05) is 24.5 Å². The van der Waals surface area contributed by atoms with E-state index in [2.05, 4.69) is 73.7 Å². The number of rotatable bonds is 9. The maximum Gasteiger partial charge on any atom is 0.137 e. The fraction of sp³-hybridized carbons (Fsp3) is 0.310. The van der Waals surface area contributed by atoms with Crippen molar-refractivity contribution in [3.8, 4) is 0 Å². The van der Waals surface area contributed by atoms with Gasteiger partial charge in [0.05, 0.1) is 42.4 Å². The lowest BCUT2D eigenvalue weighted by Gasteiger charge is -2.34. The second kappa shape index (κ2) is 10.5. The third kappa shape index (κ3) is 5.12. The third-order valence-electron chi connectivity index (χ3n) is 7.01. The minimum Gasteiger partial charge on any atom is -0.341 e. The summed E-state index contributed by atoms with van der Waals surface area (Å²) >= 11 is 0. The maximum atomic E-state index is 4.88. The number of para-hydroxylation sites is 2. The summed E-state index contributed by atoms with van der Waals surface area (Å²) in [4.78, 5) is 24.4. The highest BCUT2D eigenvalue weighted by Gasteiger charge is 2.28. The average molecular weight is 478 g/mol. The number of benzene rings is 2. The largest absolute Gasteiger partial charge is 0.341 e. The smallest absolute Gasteiger partial charge is 0.137 e. The Balaban J connectivity index is 1.20. The number of pyridine rings is 1. The molecule has 2 N–H and O–H groups in total. The molecule has 7 nitrogen and oxygen atoms in total. The molecule has 1 atom stereocenters. The Labute approximate surface area is 211 Å². The molecule has 1 unspecified atom stereocenters. The van der Waals surface area contributed by atoms with Crippen LogP contribution in [0.25, 0.3) is 11.0 Å². The van der Waals surface area contributed by atoms with Gasteiger partial charge in [-0.25, -0.2) is 9.98 Å². The van der Waals surface area contributed by atoms with Crippen molar-refractivity contribution in [2.75, 3.05) is 13.1 Å². The second-order valence-corrected chi connectivity index (χ2v) is 9.55. The van der Waals surface area contributed by atoms with E-state index < -0.39 is 0 Å². The lowest BCUT2D eigenvalue weighted by atomic mass is 9.90. The zero-order valence-corrected chi connectivity index (χ0v) is 20.4. The fourth-order valence-corrected chi connectivity index (χ4v) is 5.24. The van der Waals surface area contributed by atoms with Gasteiger partial charge in [-0.15, -0.1) is 0 Å². The zero-order valence-electron chi connectivity index (χ0n) is 20.4. The number of H-pyrrole nitrogens is 1. The van der Waals surface area contributed by atoms with E-state index in [1.165, 1.54) is 28.8 Å². The Morgan fingerprint density at radius 2 is 1.83 bits per heavy atom. The molecule has 1 aliphatic carbocycles. The SMILES string of the molecule is C1=NC(CNCc2ccc(CN(Cc3nc4ccccc4[nH]3)C3CCCc4cccnc43)cc2)=NC1. The van der Waals surface area contributed by atoms with E-state index in [0.29, 0.717) is 13.1 Å². The number of hydrogen-bond acceptors (Lipinski definition) is 6. The molecule has 0 fully saturated rings. The van der Waals surface area contributed by atoms with Gasteiger partial charge in [-0.1, -0.05) is 42.5 Å². The quantitative estimate of drug-likeness (QED) is 0.369. The Hall–Kier alpha value is -3.68. The molecule has 7 heteroatoms. The van der Waals surface area contributed by atoms with Crippen LogP contribution in [0.1, 0.15) is 47.1 Å². The molecule has 0 saturated carbocycles. The molecular weight excluding hydrogens is 446 g/mol. The summed E-state index contributed by atoms with van der Waals surface area (Å²) in [6.45, 7) is 3.81. The number of hydrogen-bond donors (Lipinski definition) is 2.